The molecule has 0 heterocycles. The molecular weight excluding hydrogens is 268 g/mol. The molecule has 0 fully saturated rings. The molecule has 0 atom stereocenters. The lowest BCUT2D eigenvalue weighted by Crippen LogP contribution is -2.09. The van der Waals surface area contributed by atoms with Crippen molar-refractivity contribution in [3.05, 3.63) is 28.0 Å². The summed E-state index contributed by atoms with van der Waals surface area (Å²) in [4.78, 5) is 0. The summed E-state index contributed by atoms with van der Waals surface area (Å²) in [6.45, 7) is 0. The molecule has 78 valence electrons. The van der Waals surface area contributed by atoms with Crippen molar-refractivity contribution < 1.29 is 22.3 Å². The van der Waals surface area contributed by atoms with Crippen LogP contribution < -0.4 is 4.74 Å². The number of ether oxygens (including phenoxy) is 1. The van der Waals surface area contributed by atoms with Crippen LogP contribution in [0.1, 0.15) is 5.56 Å². The molecule has 6 heteroatoms. The molecule has 0 aliphatic rings. The summed E-state index contributed by atoms with van der Waals surface area (Å²) >= 11 is 2.63. The highest BCUT2D eigenvalue weighted by atomic mass is 79.9. The van der Waals surface area contributed by atoms with Gasteiger partial charge in [0.25, 0.3) is 0 Å². The van der Waals surface area contributed by atoms with Crippen LogP contribution in [0.15, 0.2) is 16.6 Å². The quantitative estimate of drug-likeness (QED) is 0.710. The highest BCUT2D eigenvalue weighted by Crippen LogP contribution is 2.41. The summed E-state index contributed by atoms with van der Waals surface area (Å²) in [5.74, 6) is -1.33. The molecular formula is C8H5BrF4O. The van der Waals surface area contributed by atoms with E-state index in [4.69, 9.17) is 0 Å². The number of benzene rings is 1. The first-order chi connectivity index (χ1) is 6.36. The Balaban J connectivity index is 3.40. The van der Waals surface area contributed by atoms with Crippen LogP contribution in [0.3, 0.4) is 0 Å². The fourth-order valence-corrected chi connectivity index (χ4v) is 1.62. The average molecular weight is 273 g/mol. The van der Waals surface area contributed by atoms with E-state index in [-0.39, 0.29) is 4.47 Å². The zero-order valence-electron chi connectivity index (χ0n) is 6.95. The van der Waals surface area contributed by atoms with Gasteiger partial charge in [-0.15, -0.1) is 0 Å². The summed E-state index contributed by atoms with van der Waals surface area (Å²) < 4.78 is 54.0. The minimum Gasteiger partial charge on any atom is -0.496 e. The van der Waals surface area contributed by atoms with Gasteiger partial charge in [0.15, 0.2) is 0 Å². The van der Waals surface area contributed by atoms with E-state index in [1.54, 1.807) is 0 Å². The fourth-order valence-electron chi connectivity index (χ4n) is 0.986. The largest absolute Gasteiger partial charge is 0.496 e. The Kier molecular flexibility index (Phi) is 3.04. The monoisotopic (exact) mass is 272 g/mol. The summed E-state index contributed by atoms with van der Waals surface area (Å²) in [7, 11) is 1.05. The Labute approximate surface area is 85.8 Å². The highest BCUT2D eigenvalue weighted by molar-refractivity contribution is 9.10. The van der Waals surface area contributed by atoms with E-state index in [0.29, 0.717) is 6.07 Å². The van der Waals surface area contributed by atoms with Gasteiger partial charge in [-0.1, -0.05) is 0 Å². The number of alkyl halides is 3. The van der Waals surface area contributed by atoms with Crippen molar-refractivity contribution >= 4 is 15.9 Å². The average Bonchev–Trinajstić information content (AvgIpc) is 1.99. The maximum Gasteiger partial charge on any atom is 0.421 e. The molecule has 0 bridgehead atoms. The molecule has 0 aliphatic carbocycles. The SMILES string of the molecule is COc1cc(F)cc(Br)c1C(F)(F)F. The topological polar surface area (TPSA) is 9.23 Å². The first-order valence-electron chi connectivity index (χ1n) is 3.46. The Morgan fingerprint density at radius 1 is 1.29 bits per heavy atom. The van der Waals surface area contributed by atoms with E-state index in [0.717, 1.165) is 13.2 Å². The summed E-state index contributed by atoms with van der Waals surface area (Å²) in [5.41, 5.74) is -1.01. The predicted molar refractivity (Wildman–Crippen MR) is 45.7 cm³/mol. The third kappa shape index (κ3) is 2.17. The zero-order chi connectivity index (χ0) is 10.9. The molecule has 0 aromatic heterocycles. The minimum atomic E-state index is -4.57. The van der Waals surface area contributed by atoms with Crippen LogP contribution >= 0.6 is 15.9 Å². The molecule has 0 spiro atoms. The van der Waals surface area contributed by atoms with E-state index < -0.39 is 23.3 Å². The lowest BCUT2D eigenvalue weighted by Gasteiger charge is -2.13. The van der Waals surface area contributed by atoms with Gasteiger partial charge in [0, 0.05) is 10.5 Å². The van der Waals surface area contributed by atoms with E-state index in [2.05, 4.69) is 20.7 Å². The van der Waals surface area contributed by atoms with Crippen molar-refractivity contribution in [2.24, 2.45) is 0 Å². The van der Waals surface area contributed by atoms with Gasteiger partial charge >= 0.3 is 6.18 Å². The van der Waals surface area contributed by atoms with Crippen molar-refractivity contribution in [1.82, 2.24) is 0 Å². The van der Waals surface area contributed by atoms with E-state index in [1.165, 1.54) is 0 Å². The second-order valence-electron chi connectivity index (χ2n) is 2.46. The Morgan fingerprint density at radius 3 is 2.29 bits per heavy atom. The number of rotatable bonds is 1. The van der Waals surface area contributed by atoms with Gasteiger partial charge in [-0.05, 0) is 22.0 Å². The molecule has 0 unspecified atom stereocenters. The minimum absolute atomic E-state index is 0.373. The fraction of sp³-hybridized carbons (Fsp3) is 0.250. The molecule has 0 N–H and O–H groups in total. The van der Waals surface area contributed by atoms with Gasteiger partial charge in [-0.3, -0.25) is 0 Å². The number of hydrogen-bond donors (Lipinski definition) is 0. The van der Waals surface area contributed by atoms with Crippen molar-refractivity contribution in [3.8, 4) is 5.75 Å². The summed E-state index contributed by atoms with van der Waals surface area (Å²) in [5, 5.41) is 0. The zero-order valence-corrected chi connectivity index (χ0v) is 8.54. The van der Waals surface area contributed by atoms with Gasteiger partial charge < -0.3 is 4.74 Å². The predicted octanol–water partition coefficient (Wildman–Crippen LogP) is 3.62. The molecule has 1 nitrogen and oxygen atoms in total. The van der Waals surface area contributed by atoms with Crippen LogP contribution in [-0.2, 0) is 6.18 Å². The van der Waals surface area contributed by atoms with Gasteiger partial charge in [0.2, 0.25) is 0 Å². The molecule has 0 saturated heterocycles. The molecule has 0 amide bonds. The normalized spacial score (nSPS) is 11.6. The molecule has 1 aromatic rings. The number of halogens is 5. The van der Waals surface area contributed by atoms with Gasteiger partial charge in [-0.2, -0.15) is 13.2 Å². The van der Waals surface area contributed by atoms with Crippen LogP contribution in [0.4, 0.5) is 17.6 Å². The van der Waals surface area contributed by atoms with E-state index >= 15 is 0 Å². The van der Waals surface area contributed by atoms with E-state index in [9.17, 15) is 17.6 Å². The van der Waals surface area contributed by atoms with Crippen LogP contribution in [0.5, 0.6) is 5.75 Å². The lowest BCUT2D eigenvalue weighted by atomic mass is 10.2. The number of hydrogen-bond acceptors (Lipinski definition) is 1. The van der Waals surface area contributed by atoms with Crippen LogP contribution in [0, 0.1) is 5.82 Å². The Morgan fingerprint density at radius 2 is 1.86 bits per heavy atom. The smallest absolute Gasteiger partial charge is 0.421 e. The van der Waals surface area contributed by atoms with Gasteiger partial charge in [0.1, 0.15) is 17.1 Å². The van der Waals surface area contributed by atoms with Gasteiger partial charge in [-0.25, -0.2) is 4.39 Å². The lowest BCUT2D eigenvalue weighted by molar-refractivity contribution is -0.139. The van der Waals surface area contributed by atoms with Crippen molar-refractivity contribution in [1.29, 1.82) is 0 Å². The first kappa shape index (κ1) is 11.3. The Hall–Kier alpha value is -0.780. The second-order valence-corrected chi connectivity index (χ2v) is 3.32. The summed E-state index contributed by atoms with van der Waals surface area (Å²) in [6.07, 6.45) is -4.57. The second kappa shape index (κ2) is 3.76. The summed E-state index contributed by atoms with van der Waals surface area (Å²) in [6, 6.07) is 1.43. The van der Waals surface area contributed by atoms with Crippen molar-refractivity contribution in [2.75, 3.05) is 7.11 Å². The molecule has 14 heavy (non-hydrogen) atoms. The standard InChI is InChI=1S/C8H5BrF4O/c1-14-6-3-4(10)2-5(9)7(6)8(11,12)13/h2-3H,1H3. The third-order valence-corrected chi connectivity index (χ3v) is 2.15. The molecule has 0 saturated carbocycles. The van der Waals surface area contributed by atoms with Crippen molar-refractivity contribution in [2.45, 2.75) is 6.18 Å². The highest BCUT2D eigenvalue weighted by Gasteiger charge is 2.37. The van der Waals surface area contributed by atoms with Crippen LogP contribution in [-0.4, -0.2) is 7.11 Å². The molecule has 1 aromatic carbocycles. The first-order valence-corrected chi connectivity index (χ1v) is 4.25. The molecule has 0 radical (unpaired) electrons. The molecule has 1 rings (SSSR count). The maximum atomic E-state index is 12.7. The van der Waals surface area contributed by atoms with Crippen LogP contribution in [0.2, 0.25) is 0 Å². The van der Waals surface area contributed by atoms with Crippen LogP contribution in [0.25, 0.3) is 0 Å². The number of methoxy groups -OCH3 is 1. The Bertz CT molecular complexity index is 348. The molecule has 0 aliphatic heterocycles. The van der Waals surface area contributed by atoms with E-state index in [1.807, 2.05) is 0 Å². The third-order valence-electron chi connectivity index (χ3n) is 1.52. The maximum absolute atomic E-state index is 12.7. The van der Waals surface area contributed by atoms with Gasteiger partial charge in [0.05, 0.1) is 7.11 Å². The van der Waals surface area contributed by atoms with Crippen molar-refractivity contribution in [3.63, 3.8) is 0 Å².